The van der Waals surface area contributed by atoms with E-state index in [0.29, 0.717) is 17.7 Å². The van der Waals surface area contributed by atoms with E-state index >= 15 is 0 Å². The number of rotatable bonds is 4. The van der Waals surface area contributed by atoms with Crippen molar-refractivity contribution >= 4 is 28.4 Å². The Kier molecular flexibility index (Phi) is 3.81. The predicted octanol–water partition coefficient (Wildman–Crippen LogP) is 1.40. The van der Waals surface area contributed by atoms with E-state index in [-0.39, 0.29) is 18.1 Å². The van der Waals surface area contributed by atoms with Gasteiger partial charge in [0, 0.05) is 25.2 Å². The van der Waals surface area contributed by atoms with Gasteiger partial charge in [0.25, 0.3) is 0 Å². The summed E-state index contributed by atoms with van der Waals surface area (Å²) in [6, 6.07) is 7.52. The molecule has 0 aliphatic heterocycles. The van der Waals surface area contributed by atoms with Gasteiger partial charge in [-0.25, -0.2) is 9.78 Å². The number of thiophene rings is 1. The Morgan fingerprint density at radius 1 is 1.27 bits per heavy atom. The fourth-order valence-electron chi connectivity index (χ4n) is 2.28. The van der Waals surface area contributed by atoms with Crippen molar-refractivity contribution in [1.29, 1.82) is 0 Å². The van der Waals surface area contributed by atoms with Crippen molar-refractivity contribution in [1.82, 2.24) is 19.0 Å². The highest BCUT2D eigenvalue weighted by Crippen LogP contribution is 2.15. The number of pyridine rings is 1. The van der Waals surface area contributed by atoms with Crippen molar-refractivity contribution in [2.45, 2.75) is 13.1 Å². The van der Waals surface area contributed by atoms with Gasteiger partial charge in [0.05, 0.1) is 12.1 Å². The van der Waals surface area contributed by atoms with Crippen LogP contribution in [0.15, 0.2) is 40.6 Å². The first-order chi connectivity index (χ1) is 10.6. The van der Waals surface area contributed by atoms with Crippen molar-refractivity contribution in [3.8, 4) is 0 Å². The summed E-state index contributed by atoms with van der Waals surface area (Å²) < 4.78 is 3.10. The number of carbonyl (C=O) groups is 1. The number of nitrogens with zero attached hydrogens (tertiary/aromatic N) is 4. The Balaban J connectivity index is 2.11. The second-order valence-corrected chi connectivity index (χ2v) is 6.20. The third-order valence-electron chi connectivity index (χ3n) is 3.46. The van der Waals surface area contributed by atoms with Gasteiger partial charge in [0.1, 0.15) is 6.54 Å². The molecule has 3 heterocycles. The van der Waals surface area contributed by atoms with Crippen molar-refractivity contribution in [3.63, 3.8) is 0 Å². The van der Waals surface area contributed by atoms with Gasteiger partial charge in [-0.2, -0.15) is 0 Å². The molecule has 0 saturated heterocycles. The van der Waals surface area contributed by atoms with Gasteiger partial charge in [-0.3, -0.25) is 13.9 Å². The number of fused-ring (bicyclic) bond motifs is 1. The zero-order valence-electron chi connectivity index (χ0n) is 12.4. The Bertz CT molecular complexity index is 861. The SMILES string of the molecule is CN(C)C(=O)Cn1c(=O)n(Cc2cccs2)c2ncccc21. The lowest BCUT2D eigenvalue weighted by Crippen LogP contribution is -2.32. The third-order valence-corrected chi connectivity index (χ3v) is 4.32. The molecule has 0 aliphatic carbocycles. The number of hydrogen-bond donors (Lipinski definition) is 0. The quantitative estimate of drug-likeness (QED) is 0.731. The second kappa shape index (κ2) is 5.76. The zero-order chi connectivity index (χ0) is 15.7. The topological polar surface area (TPSA) is 60.1 Å². The first kappa shape index (κ1) is 14.5. The highest BCUT2D eigenvalue weighted by Gasteiger charge is 2.17. The summed E-state index contributed by atoms with van der Waals surface area (Å²) in [6.45, 7) is 0.485. The van der Waals surface area contributed by atoms with Gasteiger partial charge in [0.15, 0.2) is 5.65 Å². The molecular weight excluding hydrogens is 300 g/mol. The number of aromatic nitrogens is 3. The molecule has 0 N–H and O–H groups in total. The molecule has 3 rings (SSSR count). The van der Waals surface area contributed by atoms with E-state index in [1.807, 2.05) is 23.6 Å². The van der Waals surface area contributed by atoms with E-state index in [0.717, 1.165) is 4.88 Å². The largest absolute Gasteiger partial charge is 0.347 e. The van der Waals surface area contributed by atoms with E-state index in [1.54, 1.807) is 42.3 Å². The molecule has 0 unspecified atom stereocenters. The van der Waals surface area contributed by atoms with Crippen LogP contribution < -0.4 is 5.69 Å². The van der Waals surface area contributed by atoms with Crippen LogP contribution in [0.5, 0.6) is 0 Å². The maximum atomic E-state index is 12.7. The van der Waals surface area contributed by atoms with Crippen LogP contribution in [-0.2, 0) is 17.9 Å². The zero-order valence-corrected chi connectivity index (χ0v) is 13.2. The molecule has 0 atom stereocenters. The summed E-state index contributed by atoms with van der Waals surface area (Å²) in [5, 5.41) is 1.97. The molecule has 0 radical (unpaired) electrons. The summed E-state index contributed by atoms with van der Waals surface area (Å²) in [5.41, 5.74) is 1.07. The van der Waals surface area contributed by atoms with E-state index in [9.17, 15) is 9.59 Å². The Morgan fingerprint density at radius 2 is 2.09 bits per heavy atom. The van der Waals surface area contributed by atoms with Crippen LogP contribution in [0.3, 0.4) is 0 Å². The highest BCUT2D eigenvalue weighted by molar-refractivity contribution is 7.09. The van der Waals surface area contributed by atoms with Crippen molar-refractivity contribution in [2.24, 2.45) is 0 Å². The molecule has 6 nitrogen and oxygen atoms in total. The summed E-state index contributed by atoms with van der Waals surface area (Å²) in [7, 11) is 3.35. The minimum Gasteiger partial charge on any atom is -0.347 e. The Hall–Kier alpha value is -2.41. The summed E-state index contributed by atoms with van der Waals surface area (Å²) >= 11 is 1.59. The van der Waals surface area contributed by atoms with Crippen molar-refractivity contribution in [3.05, 3.63) is 51.2 Å². The van der Waals surface area contributed by atoms with Gasteiger partial charge in [0.2, 0.25) is 5.91 Å². The van der Waals surface area contributed by atoms with Gasteiger partial charge < -0.3 is 4.90 Å². The van der Waals surface area contributed by atoms with Crippen LogP contribution in [0.1, 0.15) is 4.88 Å². The third kappa shape index (κ3) is 2.55. The number of hydrogen-bond acceptors (Lipinski definition) is 4. The number of amides is 1. The molecule has 114 valence electrons. The van der Waals surface area contributed by atoms with Crippen LogP contribution in [0.2, 0.25) is 0 Å². The van der Waals surface area contributed by atoms with E-state index in [1.165, 1.54) is 9.47 Å². The van der Waals surface area contributed by atoms with Gasteiger partial charge in [-0.15, -0.1) is 11.3 Å². The first-order valence-corrected chi connectivity index (χ1v) is 7.72. The first-order valence-electron chi connectivity index (χ1n) is 6.84. The molecule has 3 aromatic heterocycles. The predicted molar refractivity (Wildman–Crippen MR) is 86.1 cm³/mol. The lowest BCUT2D eigenvalue weighted by Gasteiger charge is -2.10. The van der Waals surface area contributed by atoms with Crippen LogP contribution in [0.25, 0.3) is 11.2 Å². The monoisotopic (exact) mass is 316 g/mol. The van der Waals surface area contributed by atoms with Crippen LogP contribution in [-0.4, -0.2) is 39.0 Å². The lowest BCUT2D eigenvalue weighted by atomic mass is 10.4. The van der Waals surface area contributed by atoms with Crippen molar-refractivity contribution < 1.29 is 4.79 Å². The van der Waals surface area contributed by atoms with Crippen molar-refractivity contribution in [2.75, 3.05) is 14.1 Å². The molecule has 0 saturated carbocycles. The van der Waals surface area contributed by atoms with Crippen LogP contribution in [0, 0.1) is 0 Å². The molecule has 0 bridgehead atoms. The summed E-state index contributed by atoms with van der Waals surface area (Å²) in [5.74, 6) is -0.124. The summed E-state index contributed by atoms with van der Waals surface area (Å²) in [6.07, 6.45) is 1.66. The molecule has 7 heteroatoms. The molecule has 3 aromatic rings. The fraction of sp³-hybridized carbons (Fsp3) is 0.267. The lowest BCUT2D eigenvalue weighted by molar-refractivity contribution is -0.129. The van der Waals surface area contributed by atoms with E-state index < -0.39 is 0 Å². The molecule has 0 spiro atoms. The average Bonchev–Trinajstić information content (AvgIpc) is 3.10. The number of imidazole rings is 1. The minimum atomic E-state index is -0.211. The minimum absolute atomic E-state index is 0.0193. The van der Waals surface area contributed by atoms with Crippen LogP contribution in [0.4, 0.5) is 0 Å². The highest BCUT2D eigenvalue weighted by atomic mass is 32.1. The van der Waals surface area contributed by atoms with E-state index in [2.05, 4.69) is 4.98 Å². The normalized spacial score (nSPS) is 11.0. The molecule has 0 aromatic carbocycles. The Labute approximate surface area is 131 Å². The van der Waals surface area contributed by atoms with Gasteiger partial charge in [-0.05, 0) is 23.6 Å². The van der Waals surface area contributed by atoms with Gasteiger partial charge >= 0.3 is 5.69 Å². The van der Waals surface area contributed by atoms with Crippen LogP contribution >= 0.6 is 11.3 Å². The number of carbonyl (C=O) groups excluding carboxylic acids is 1. The molecule has 1 amide bonds. The molecule has 22 heavy (non-hydrogen) atoms. The average molecular weight is 316 g/mol. The smallest absolute Gasteiger partial charge is 0.331 e. The number of likely N-dealkylation sites (N-methyl/N-ethyl adjacent to an activating group) is 1. The maximum absolute atomic E-state index is 12.7. The Morgan fingerprint density at radius 3 is 2.77 bits per heavy atom. The fourth-order valence-corrected chi connectivity index (χ4v) is 2.97. The van der Waals surface area contributed by atoms with Gasteiger partial charge in [-0.1, -0.05) is 6.07 Å². The molecular formula is C15H16N4O2S. The molecule has 0 aliphatic rings. The molecule has 0 fully saturated rings. The van der Waals surface area contributed by atoms with E-state index in [4.69, 9.17) is 0 Å². The summed E-state index contributed by atoms with van der Waals surface area (Å²) in [4.78, 5) is 31.5. The second-order valence-electron chi connectivity index (χ2n) is 5.17. The standard InChI is InChI=1S/C15H16N4O2S/c1-17(2)13(20)10-18-12-6-3-7-16-14(12)19(15(18)21)9-11-5-4-8-22-11/h3-8H,9-10H2,1-2H3. The maximum Gasteiger partial charge on any atom is 0.331 e.